The number of rotatable bonds is 59. The lowest BCUT2D eigenvalue weighted by molar-refractivity contribution is -0.161. The molecule has 0 aromatic rings. The summed E-state index contributed by atoms with van der Waals surface area (Å²) in [6.07, 6.45) is 41.7. The highest BCUT2D eigenvalue weighted by molar-refractivity contribution is 7.47. The van der Waals surface area contributed by atoms with Crippen molar-refractivity contribution in [2.24, 2.45) is 0 Å². The third kappa shape index (κ3) is 54.3. The number of carbonyl (C=O) groups excluding carboxylic acids is 3. The van der Waals surface area contributed by atoms with Crippen LogP contribution in [0.2, 0.25) is 0 Å². The van der Waals surface area contributed by atoms with E-state index in [1.807, 2.05) is 0 Å². The van der Waals surface area contributed by atoms with E-state index in [0.717, 1.165) is 57.8 Å². The topological polar surface area (TPSA) is 231 Å². The Bertz CT molecular complexity index is 1410. The molecule has 0 saturated carbocycles. The Morgan fingerprint density at radius 2 is 0.547 bits per heavy atom. The monoisotopic (exact) mass is 1110 g/mol. The smallest absolute Gasteiger partial charge is 0.463 e. The van der Waals surface area contributed by atoms with Crippen molar-refractivity contribution >= 4 is 33.6 Å². The van der Waals surface area contributed by atoms with Gasteiger partial charge in [0, 0.05) is 19.3 Å². The molecule has 0 spiro atoms. The summed E-state index contributed by atoms with van der Waals surface area (Å²) in [6.45, 7) is 2.71. The first-order valence-electron chi connectivity index (χ1n) is 30.3. The van der Waals surface area contributed by atoms with E-state index in [4.69, 9.17) is 32.3 Å². The van der Waals surface area contributed by atoms with Crippen LogP contribution in [0.1, 0.15) is 290 Å². The molecule has 0 aliphatic carbocycles. The Morgan fingerprint density at radius 3 is 0.840 bits per heavy atom. The molecule has 0 rings (SSSR count). The summed E-state index contributed by atoms with van der Waals surface area (Å²) in [4.78, 5) is 58.0. The van der Waals surface area contributed by atoms with Crippen LogP contribution in [-0.2, 0) is 55.8 Å². The van der Waals surface area contributed by atoms with Crippen molar-refractivity contribution in [1.29, 1.82) is 0 Å². The van der Waals surface area contributed by atoms with Crippen molar-refractivity contribution in [3.05, 3.63) is 0 Å². The molecule has 0 heterocycles. The van der Waals surface area contributed by atoms with Gasteiger partial charge in [-0.05, 0) is 19.3 Å². The van der Waals surface area contributed by atoms with E-state index in [2.05, 4.69) is 20.8 Å². The molecule has 0 aromatic carbocycles. The molecule has 0 aliphatic rings. The summed E-state index contributed by atoms with van der Waals surface area (Å²) in [5, 5.41) is 20.4. The van der Waals surface area contributed by atoms with Gasteiger partial charge in [-0.2, -0.15) is 0 Å². The lowest BCUT2D eigenvalue weighted by Crippen LogP contribution is -2.30. The molecule has 4 N–H and O–H groups in total. The second kappa shape index (κ2) is 53.2. The minimum Gasteiger partial charge on any atom is -0.463 e. The number of unbranched alkanes of at least 4 members (excludes halogenated alkanes) is 36. The third-order valence-electron chi connectivity index (χ3n) is 13.3. The number of carbonyl (C=O) groups is 3. The van der Waals surface area contributed by atoms with Crippen LogP contribution in [0.4, 0.5) is 0 Å². The predicted octanol–water partition coefficient (Wildman–Crippen LogP) is 15.4. The Labute approximate surface area is 456 Å². The van der Waals surface area contributed by atoms with Gasteiger partial charge in [-0.15, -0.1) is 0 Å². The number of aliphatic hydroxyl groups is 2. The minimum absolute atomic E-state index is 0.116. The zero-order valence-corrected chi connectivity index (χ0v) is 49.5. The molecule has 0 aliphatic heterocycles. The van der Waals surface area contributed by atoms with Crippen LogP contribution >= 0.6 is 15.6 Å². The van der Waals surface area contributed by atoms with Crippen LogP contribution in [0.15, 0.2) is 0 Å². The normalized spacial score (nSPS) is 14.5. The summed E-state index contributed by atoms with van der Waals surface area (Å²) in [7, 11) is -9.72. The number of hydrogen-bond donors (Lipinski definition) is 4. The van der Waals surface area contributed by atoms with E-state index in [1.54, 1.807) is 0 Å². The van der Waals surface area contributed by atoms with Crippen molar-refractivity contribution in [3.63, 3.8) is 0 Å². The molecule has 446 valence electrons. The van der Waals surface area contributed by atoms with Crippen LogP contribution in [0.3, 0.4) is 0 Å². The van der Waals surface area contributed by atoms with Crippen LogP contribution in [0.25, 0.3) is 0 Å². The molecule has 5 atom stereocenters. The van der Waals surface area contributed by atoms with Gasteiger partial charge in [0.25, 0.3) is 0 Å². The van der Waals surface area contributed by atoms with Gasteiger partial charge in [0.1, 0.15) is 25.4 Å². The standard InChI is InChI=1S/C57H112O16P2/c1-4-7-10-13-16-19-22-25-28-31-34-37-40-43-55(60)67-46-52(58)47-69-74(63,64)70-48-53(59)49-71-75(65,66)72-51-54(73-57(62)45-42-39-36-33-30-27-24-21-18-15-12-9-6-3)50-68-56(61)44-41-38-35-32-29-26-23-20-17-14-11-8-5-2/h52-54,58-59H,4-51H2,1-3H3,(H,63,64)(H,65,66). The Balaban J connectivity index is 4.66. The molecule has 0 amide bonds. The van der Waals surface area contributed by atoms with Gasteiger partial charge in [0.05, 0.1) is 26.4 Å². The van der Waals surface area contributed by atoms with Gasteiger partial charge in [-0.3, -0.25) is 32.5 Å². The maximum absolute atomic E-state index is 12.8. The van der Waals surface area contributed by atoms with Gasteiger partial charge in [-0.25, -0.2) is 9.13 Å². The van der Waals surface area contributed by atoms with Gasteiger partial charge in [0.2, 0.25) is 0 Å². The molecule has 0 bridgehead atoms. The average molecular weight is 1120 g/mol. The first-order valence-corrected chi connectivity index (χ1v) is 33.3. The predicted molar refractivity (Wildman–Crippen MR) is 298 cm³/mol. The van der Waals surface area contributed by atoms with Crippen molar-refractivity contribution in [2.75, 3.05) is 39.6 Å². The number of phosphoric ester groups is 2. The van der Waals surface area contributed by atoms with Gasteiger partial charge in [-0.1, -0.05) is 252 Å². The fourth-order valence-corrected chi connectivity index (χ4v) is 10.2. The summed E-state index contributed by atoms with van der Waals surface area (Å²) < 4.78 is 60.6. The minimum atomic E-state index is -4.90. The molecule has 0 saturated heterocycles. The van der Waals surface area contributed by atoms with E-state index >= 15 is 0 Å². The highest BCUT2D eigenvalue weighted by atomic mass is 31.2. The van der Waals surface area contributed by atoms with Crippen LogP contribution < -0.4 is 0 Å². The lowest BCUT2D eigenvalue weighted by Gasteiger charge is -2.21. The largest absolute Gasteiger partial charge is 0.472 e. The molecule has 75 heavy (non-hydrogen) atoms. The first kappa shape index (κ1) is 73.5. The second-order valence-electron chi connectivity index (χ2n) is 20.9. The second-order valence-corrected chi connectivity index (χ2v) is 23.8. The molecule has 0 fully saturated rings. The molecule has 0 aromatic heterocycles. The van der Waals surface area contributed by atoms with Gasteiger partial charge >= 0.3 is 33.6 Å². The molecule has 16 nitrogen and oxygen atoms in total. The number of phosphoric acid groups is 2. The summed E-state index contributed by atoms with van der Waals surface area (Å²) in [5.74, 6) is -1.55. The van der Waals surface area contributed by atoms with Gasteiger partial charge in [0.15, 0.2) is 6.10 Å². The fourth-order valence-electron chi connectivity index (χ4n) is 8.63. The Kier molecular flexibility index (Phi) is 52.2. The summed E-state index contributed by atoms with van der Waals surface area (Å²) in [6, 6.07) is 0. The van der Waals surface area contributed by atoms with E-state index in [-0.39, 0.29) is 19.3 Å². The maximum atomic E-state index is 12.8. The maximum Gasteiger partial charge on any atom is 0.472 e. The summed E-state index contributed by atoms with van der Waals surface area (Å²) in [5.41, 5.74) is 0. The number of aliphatic hydroxyl groups excluding tert-OH is 2. The molecular formula is C57H112O16P2. The number of hydrogen-bond acceptors (Lipinski definition) is 14. The van der Waals surface area contributed by atoms with Crippen molar-refractivity contribution in [2.45, 2.75) is 309 Å². The zero-order valence-electron chi connectivity index (χ0n) is 47.8. The van der Waals surface area contributed by atoms with Crippen molar-refractivity contribution in [1.82, 2.24) is 0 Å². The van der Waals surface area contributed by atoms with E-state index in [0.29, 0.717) is 19.3 Å². The highest BCUT2D eigenvalue weighted by Gasteiger charge is 2.29. The van der Waals surface area contributed by atoms with Crippen molar-refractivity contribution < 1.29 is 75.8 Å². The van der Waals surface area contributed by atoms with E-state index in [9.17, 15) is 43.5 Å². The fraction of sp³-hybridized carbons (Fsp3) is 0.947. The van der Waals surface area contributed by atoms with E-state index < -0.39 is 91.5 Å². The van der Waals surface area contributed by atoms with Crippen molar-refractivity contribution in [3.8, 4) is 0 Å². The number of ether oxygens (including phenoxy) is 3. The SMILES string of the molecule is CCCCCCCCCCCCCCCC(=O)OCC(O)COP(=O)(O)OCC(O)COP(=O)(O)OCC(COC(=O)CCCCCCCCCCCCCCC)OC(=O)CCCCCCCCCCCCCCC. The highest BCUT2D eigenvalue weighted by Crippen LogP contribution is 2.45. The summed E-state index contributed by atoms with van der Waals surface area (Å²) >= 11 is 0. The van der Waals surface area contributed by atoms with Gasteiger partial charge < -0.3 is 34.2 Å². The first-order chi connectivity index (χ1) is 36.2. The lowest BCUT2D eigenvalue weighted by atomic mass is 10.0. The van der Waals surface area contributed by atoms with Crippen LogP contribution in [0, 0.1) is 0 Å². The Morgan fingerprint density at radius 1 is 0.320 bits per heavy atom. The average Bonchev–Trinajstić information content (AvgIpc) is 3.38. The third-order valence-corrected chi connectivity index (χ3v) is 15.2. The number of esters is 3. The molecular weight excluding hydrogens is 1000 g/mol. The zero-order chi connectivity index (χ0) is 55.4. The van der Waals surface area contributed by atoms with Crippen LogP contribution in [0.5, 0.6) is 0 Å². The Hall–Kier alpha value is -1.45. The van der Waals surface area contributed by atoms with E-state index in [1.165, 1.54) is 173 Å². The van der Waals surface area contributed by atoms with Crippen LogP contribution in [-0.4, -0.2) is 95.9 Å². The quantitative estimate of drug-likeness (QED) is 0.0192. The molecule has 18 heteroatoms. The molecule has 0 radical (unpaired) electrons. The molecule has 5 unspecified atom stereocenters.